The average molecular weight is 522 g/mol. The Morgan fingerprint density at radius 3 is 2.46 bits per heavy atom. The molecule has 28 heavy (non-hydrogen) atoms. The molecular formula is C19H31IN4O3S. The number of hydrogen-bond donors (Lipinski definition) is 2. The van der Waals surface area contributed by atoms with Crippen LogP contribution in [0.15, 0.2) is 34.2 Å². The monoisotopic (exact) mass is 522 g/mol. The lowest BCUT2D eigenvalue weighted by Gasteiger charge is -2.25. The summed E-state index contributed by atoms with van der Waals surface area (Å²) in [4.78, 5) is 4.59. The van der Waals surface area contributed by atoms with Gasteiger partial charge in [0.2, 0.25) is 10.0 Å². The van der Waals surface area contributed by atoms with E-state index in [0.717, 1.165) is 56.8 Å². The number of piperidine rings is 1. The third-order valence-electron chi connectivity index (χ3n) is 5.08. The van der Waals surface area contributed by atoms with Crippen LogP contribution in [0.4, 0.5) is 0 Å². The van der Waals surface area contributed by atoms with E-state index in [9.17, 15) is 8.42 Å². The predicted molar refractivity (Wildman–Crippen MR) is 122 cm³/mol. The Balaban J connectivity index is 0.00000280. The fraction of sp³-hybridized carbons (Fsp3) is 0.632. The minimum atomic E-state index is -3.37. The van der Waals surface area contributed by atoms with Gasteiger partial charge < -0.3 is 15.4 Å². The molecule has 2 heterocycles. The van der Waals surface area contributed by atoms with E-state index < -0.39 is 10.0 Å². The van der Waals surface area contributed by atoms with E-state index in [2.05, 4.69) is 15.6 Å². The van der Waals surface area contributed by atoms with Crippen molar-refractivity contribution in [3.8, 4) is 0 Å². The molecule has 158 valence electrons. The zero-order chi connectivity index (χ0) is 19.1. The molecule has 2 N–H and O–H groups in total. The first-order chi connectivity index (χ1) is 13.1. The Hall–Kier alpha value is -0.910. The molecule has 1 unspecified atom stereocenters. The van der Waals surface area contributed by atoms with Gasteiger partial charge in [-0.3, -0.25) is 4.99 Å². The highest BCUT2D eigenvalue weighted by Gasteiger charge is 2.25. The molecule has 1 atom stereocenters. The fourth-order valence-electron chi connectivity index (χ4n) is 3.46. The summed E-state index contributed by atoms with van der Waals surface area (Å²) in [6.45, 7) is 3.41. The van der Waals surface area contributed by atoms with Crippen LogP contribution in [0, 0.1) is 0 Å². The normalized spacial score (nSPS) is 21.2. The summed E-state index contributed by atoms with van der Waals surface area (Å²) >= 11 is 0. The Morgan fingerprint density at radius 2 is 1.86 bits per heavy atom. The Labute approximate surface area is 185 Å². The van der Waals surface area contributed by atoms with Gasteiger partial charge in [0.1, 0.15) is 0 Å². The molecule has 2 aliphatic rings. The van der Waals surface area contributed by atoms with Gasteiger partial charge in [-0.15, -0.1) is 24.0 Å². The van der Waals surface area contributed by atoms with E-state index in [1.807, 2.05) is 12.1 Å². The molecule has 0 radical (unpaired) electrons. The summed E-state index contributed by atoms with van der Waals surface area (Å²) in [6.07, 6.45) is 5.45. The highest BCUT2D eigenvalue weighted by molar-refractivity contribution is 14.0. The van der Waals surface area contributed by atoms with Gasteiger partial charge in [-0.25, -0.2) is 8.42 Å². The Bertz CT molecular complexity index is 728. The highest BCUT2D eigenvalue weighted by atomic mass is 127. The minimum absolute atomic E-state index is 0. The number of rotatable bonds is 6. The van der Waals surface area contributed by atoms with E-state index in [0.29, 0.717) is 24.5 Å². The first-order valence-corrected chi connectivity index (χ1v) is 11.2. The lowest BCUT2D eigenvalue weighted by molar-refractivity contribution is 0.114. The highest BCUT2D eigenvalue weighted by Crippen LogP contribution is 2.20. The van der Waals surface area contributed by atoms with Crippen molar-refractivity contribution in [2.24, 2.45) is 4.99 Å². The maximum atomic E-state index is 12.7. The van der Waals surface area contributed by atoms with Crippen LogP contribution in [0.5, 0.6) is 0 Å². The molecule has 2 fully saturated rings. The van der Waals surface area contributed by atoms with Gasteiger partial charge in [0.05, 0.1) is 11.0 Å². The fourth-order valence-corrected chi connectivity index (χ4v) is 4.97. The second-order valence-electron chi connectivity index (χ2n) is 7.05. The molecule has 1 aromatic rings. The van der Waals surface area contributed by atoms with Crippen molar-refractivity contribution in [2.45, 2.75) is 49.6 Å². The molecule has 3 rings (SSSR count). The molecule has 7 nitrogen and oxygen atoms in total. The average Bonchev–Trinajstić information content (AvgIpc) is 3.23. The second kappa shape index (κ2) is 11.3. The van der Waals surface area contributed by atoms with E-state index in [1.165, 1.54) is 0 Å². The second-order valence-corrected chi connectivity index (χ2v) is 8.99. The van der Waals surface area contributed by atoms with Gasteiger partial charge in [0.15, 0.2) is 5.96 Å². The van der Waals surface area contributed by atoms with Crippen molar-refractivity contribution < 1.29 is 13.2 Å². The number of halogens is 1. The Morgan fingerprint density at radius 1 is 1.14 bits per heavy atom. The van der Waals surface area contributed by atoms with Crippen LogP contribution in [-0.4, -0.2) is 58.1 Å². The van der Waals surface area contributed by atoms with Crippen LogP contribution < -0.4 is 10.6 Å². The third-order valence-corrected chi connectivity index (χ3v) is 6.99. The van der Waals surface area contributed by atoms with E-state index in [1.54, 1.807) is 23.5 Å². The van der Waals surface area contributed by atoms with E-state index >= 15 is 0 Å². The topological polar surface area (TPSA) is 83.0 Å². The molecule has 0 aliphatic carbocycles. The van der Waals surface area contributed by atoms with Gasteiger partial charge in [-0.05, 0) is 43.4 Å². The number of nitrogens with one attached hydrogen (secondary N) is 2. The molecule has 0 saturated carbocycles. The van der Waals surface area contributed by atoms with Crippen LogP contribution in [0.3, 0.4) is 0 Å². The predicted octanol–water partition coefficient (Wildman–Crippen LogP) is 2.32. The molecule has 9 heteroatoms. The standard InChI is InChI=1S/C19H30N4O3S.HI/c1-20-19(22-15-17-6-5-13-26-17)21-14-16-7-9-18(10-8-16)27(24,25)23-11-3-2-4-12-23;/h7-10,17H,2-6,11-15H2,1H3,(H2,20,21,22);1H. The Kier molecular flexibility index (Phi) is 9.45. The summed E-state index contributed by atoms with van der Waals surface area (Å²) in [5, 5.41) is 6.53. The summed E-state index contributed by atoms with van der Waals surface area (Å²) in [6, 6.07) is 7.11. The van der Waals surface area contributed by atoms with Crippen LogP contribution >= 0.6 is 24.0 Å². The maximum Gasteiger partial charge on any atom is 0.243 e. The van der Waals surface area contributed by atoms with Gasteiger partial charge in [0, 0.05) is 39.8 Å². The van der Waals surface area contributed by atoms with Gasteiger partial charge in [0.25, 0.3) is 0 Å². The third kappa shape index (κ3) is 6.30. The van der Waals surface area contributed by atoms with Gasteiger partial charge in [-0.1, -0.05) is 18.6 Å². The SMILES string of the molecule is CN=C(NCc1ccc(S(=O)(=O)N2CCCCC2)cc1)NCC1CCCO1.I. The molecular weight excluding hydrogens is 491 g/mol. The maximum absolute atomic E-state index is 12.7. The first kappa shape index (κ1) is 23.4. The molecule has 0 amide bonds. The molecule has 0 aromatic heterocycles. The number of benzene rings is 1. The summed E-state index contributed by atoms with van der Waals surface area (Å²) in [5.74, 6) is 0.718. The number of aliphatic imine (C=N–C) groups is 1. The van der Waals surface area contributed by atoms with Gasteiger partial charge >= 0.3 is 0 Å². The van der Waals surface area contributed by atoms with Gasteiger partial charge in [-0.2, -0.15) is 4.31 Å². The van der Waals surface area contributed by atoms with E-state index in [-0.39, 0.29) is 30.1 Å². The number of sulfonamides is 1. The lowest BCUT2D eigenvalue weighted by Crippen LogP contribution is -2.40. The number of ether oxygens (including phenoxy) is 1. The number of hydrogen-bond acceptors (Lipinski definition) is 4. The molecule has 2 saturated heterocycles. The lowest BCUT2D eigenvalue weighted by atomic mass is 10.2. The van der Waals surface area contributed by atoms with Crippen molar-refractivity contribution in [1.82, 2.24) is 14.9 Å². The van der Waals surface area contributed by atoms with Crippen molar-refractivity contribution in [3.05, 3.63) is 29.8 Å². The number of nitrogens with zero attached hydrogens (tertiary/aromatic N) is 2. The van der Waals surface area contributed by atoms with Crippen LogP contribution in [0.25, 0.3) is 0 Å². The zero-order valence-corrected chi connectivity index (χ0v) is 19.5. The molecule has 0 bridgehead atoms. The van der Waals surface area contributed by atoms with E-state index in [4.69, 9.17) is 4.74 Å². The summed E-state index contributed by atoms with van der Waals surface area (Å²) < 4.78 is 32.6. The molecule has 0 spiro atoms. The number of guanidine groups is 1. The largest absolute Gasteiger partial charge is 0.376 e. The molecule has 1 aromatic carbocycles. The molecule has 2 aliphatic heterocycles. The smallest absolute Gasteiger partial charge is 0.243 e. The quantitative estimate of drug-likeness (QED) is 0.341. The van der Waals surface area contributed by atoms with Crippen molar-refractivity contribution >= 4 is 40.0 Å². The van der Waals surface area contributed by atoms with Crippen molar-refractivity contribution in [1.29, 1.82) is 0 Å². The first-order valence-electron chi connectivity index (χ1n) is 9.75. The zero-order valence-electron chi connectivity index (χ0n) is 16.4. The summed E-state index contributed by atoms with van der Waals surface area (Å²) in [5.41, 5.74) is 1.01. The van der Waals surface area contributed by atoms with Crippen LogP contribution in [-0.2, 0) is 21.3 Å². The van der Waals surface area contributed by atoms with Crippen LogP contribution in [0.1, 0.15) is 37.7 Å². The van der Waals surface area contributed by atoms with Crippen molar-refractivity contribution in [3.63, 3.8) is 0 Å². The summed E-state index contributed by atoms with van der Waals surface area (Å²) in [7, 11) is -1.63. The van der Waals surface area contributed by atoms with Crippen molar-refractivity contribution in [2.75, 3.05) is 33.3 Å². The minimum Gasteiger partial charge on any atom is -0.376 e. The van der Waals surface area contributed by atoms with Crippen LogP contribution in [0.2, 0.25) is 0 Å².